The number of ether oxygens (including phenoxy) is 2. The summed E-state index contributed by atoms with van der Waals surface area (Å²) < 4.78 is 11.5. The third-order valence-corrected chi connectivity index (χ3v) is 4.16. The molecule has 2 aromatic rings. The van der Waals surface area contributed by atoms with Crippen LogP contribution in [0.3, 0.4) is 0 Å². The number of nitrogens with one attached hydrogen (secondary N) is 1. The molecule has 0 fully saturated rings. The monoisotopic (exact) mass is 341 g/mol. The highest BCUT2D eigenvalue weighted by Gasteiger charge is 2.22. The van der Waals surface area contributed by atoms with Gasteiger partial charge in [-0.25, -0.2) is 0 Å². The van der Waals surface area contributed by atoms with Gasteiger partial charge in [0, 0.05) is 24.1 Å². The van der Waals surface area contributed by atoms with Crippen LogP contribution in [0.15, 0.2) is 36.4 Å². The predicted molar refractivity (Wildman–Crippen MR) is 95.1 cm³/mol. The maximum atomic E-state index is 12.2. The van der Waals surface area contributed by atoms with Crippen molar-refractivity contribution in [2.75, 3.05) is 6.61 Å². The van der Waals surface area contributed by atoms with Gasteiger partial charge in [-0.05, 0) is 43.7 Å². The highest BCUT2D eigenvalue weighted by Crippen LogP contribution is 2.35. The van der Waals surface area contributed by atoms with Crippen molar-refractivity contribution in [3.63, 3.8) is 0 Å². The van der Waals surface area contributed by atoms with Crippen molar-refractivity contribution in [2.45, 2.75) is 39.3 Å². The smallest absolute Gasteiger partial charge is 0.224 e. The van der Waals surface area contributed by atoms with Crippen molar-refractivity contribution in [3.05, 3.63) is 53.1 Å². The van der Waals surface area contributed by atoms with Gasteiger partial charge in [-0.15, -0.1) is 0 Å². The van der Waals surface area contributed by atoms with Gasteiger partial charge in [0.25, 0.3) is 0 Å². The number of carbonyl (C=O) groups is 1. The molecule has 0 bridgehead atoms. The van der Waals surface area contributed by atoms with Crippen LogP contribution in [-0.4, -0.2) is 23.7 Å². The minimum Gasteiger partial charge on any atom is -0.508 e. The van der Waals surface area contributed by atoms with Crippen LogP contribution in [0.25, 0.3) is 0 Å². The van der Waals surface area contributed by atoms with E-state index < -0.39 is 0 Å². The van der Waals surface area contributed by atoms with Crippen LogP contribution < -0.4 is 14.8 Å². The number of hydrogen-bond donors (Lipinski definition) is 2. The lowest BCUT2D eigenvalue weighted by atomic mass is 10.1. The quantitative estimate of drug-likeness (QED) is 0.848. The molecule has 0 saturated heterocycles. The molecule has 0 aliphatic carbocycles. The van der Waals surface area contributed by atoms with E-state index in [0.29, 0.717) is 13.2 Å². The molecule has 1 heterocycles. The number of fused-ring (bicyclic) bond motifs is 1. The minimum atomic E-state index is -0.0806. The van der Waals surface area contributed by atoms with Gasteiger partial charge in [0.2, 0.25) is 5.91 Å². The van der Waals surface area contributed by atoms with E-state index in [-0.39, 0.29) is 24.2 Å². The summed E-state index contributed by atoms with van der Waals surface area (Å²) in [4.78, 5) is 12.2. The Balaban J connectivity index is 1.66. The second-order valence-corrected chi connectivity index (χ2v) is 6.25. The maximum Gasteiger partial charge on any atom is 0.224 e. The van der Waals surface area contributed by atoms with Crippen molar-refractivity contribution in [3.8, 4) is 17.2 Å². The van der Waals surface area contributed by atoms with Crippen LogP contribution in [0, 0.1) is 0 Å². The molecular weight excluding hydrogens is 318 g/mol. The Labute approximate surface area is 147 Å². The van der Waals surface area contributed by atoms with Crippen molar-refractivity contribution in [1.82, 2.24) is 5.32 Å². The molecule has 0 radical (unpaired) electrons. The second-order valence-electron chi connectivity index (χ2n) is 6.25. The number of rotatable bonds is 6. The molecule has 1 unspecified atom stereocenters. The Morgan fingerprint density at radius 3 is 2.80 bits per heavy atom. The van der Waals surface area contributed by atoms with Crippen LogP contribution in [0.5, 0.6) is 17.2 Å². The molecule has 3 rings (SSSR count). The number of carbonyl (C=O) groups excluding carboxylic acids is 1. The molecule has 2 N–H and O–H groups in total. The zero-order valence-electron chi connectivity index (χ0n) is 14.5. The largest absolute Gasteiger partial charge is 0.508 e. The first-order valence-electron chi connectivity index (χ1n) is 8.55. The van der Waals surface area contributed by atoms with E-state index in [1.165, 1.54) is 0 Å². The highest BCUT2D eigenvalue weighted by molar-refractivity contribution is 5.78. The van der Waals surface area contributed by atoms with Gasteiger partial charge in [0.1, 0.15) is 23.4 Å². The summed E-state index contributed by atoms with van der Waals surface area (Å²) in [7, 11) is 0. The molecule has 5 nitrogen and oxygen atoms in total. The third-order valence-electron chi connectivity index (χ3n) is 4.16. The number of phenolic OH excluding ortho intramolecular Hbond substituents is 1. The molecule has 1 atom stereocenters. The van der Waals surface area contributed by atoms with Gasteiger partial charge < -0.3 is 19.9 Å². The molecule has 0 spiro atoms. The lowest BCUT2D eigenvalue weighted by Crippen LogP contribution is -2.24. The van der Waals surface area contributed by atoms with Gasteiger partial charge >= 0.3 is 0 Å². The first-order chi connectivity index (χ1) is 12.0. The fourth-order valence-corrected chi connectivity index (χ4v) is 2.96. The minimum absolute atomic E-state index is 0.0806. The van der Waals surface area contributed by atoms with Gasteiger partial charge in [0.05, 0.1) is 13.0 Å². The normalized spacial score (nSPS) is 15.4. The van der Waals surface area contributed by atoms with Crippen molar-refractivity contribution in [1.29, 1.82) is 0 Å². The van der Waals surface area contributed by atoms with Gasteiger partial charge in [-0.1, -0.05) is 12.1 Å². The average molecular weight is 341 g/mol. The Kier molecular flexibility index (Phi) is 5.12. The molecule has 1 aliphatic heterocycles. The molecule has 132 valence electrons. The van der Waals surface area contributed by atoms with Crippen molar-refractivity contribution >= 4 is 5.91 Å². The van der Waals surface area contributed by atoms with E-state index in [9.17, 15) is 9.90 Å². The molecule has 5 heteroatoms. The second kappa shape index (κ2) is 7.47. The molecule has 0 aromatic heterocycles. The number of hydrogen-bond acceptors (Lipinski definition) is 4. The van der Waals surface area contributed by atoms with E-state index >= 15 is 0 Å². The maximum absolute atomic E-state index is 12.2. The Bertz CT molecular complexity index is 755. The molecule has 2 aromatic carbocycles. The summed E-state index contributed by atoms with van der Waals surface area (Å²) in [5.41, 5.74) is 2.91. The van der Waals surface area contributed by atoms with Crippen LogP contribution >= 0.6 is 0 Å². The summed E-state index contributed by atoms with van der Waals surface area (Å²) in [6.07, 6.45) is 1.31. The molecule has 25 heavy (non-hydrogen) atoms. The van der Waals surface area contributed by atoms with Crippen molar-refractivity contribution < 1.29 is 19.4 Å². The van der Waals surface area contributed by atoms with E-state index in [1.807, 2.05) is 26.0 Å². The van der Waals surface area contributed by atoms with Crippen LogP contribution in [0.4, 0.5) is 0 Å². The van der Waals surface area contributed by atoms with Crippen LogP contribution in [0.1, 0.15) is 30.5 Å². The zero-order valence-corrected chi connectivity index (χ0v) is 14.5. The molecule has 0 saturated carbocycles. The standard InChI is InChI=1S/C20H23NO4/c1-3-24-18-10-15-8-13(2)25-19(15)11-16(18)12-21-20(23)9-14-4-6-17(22)7-5-14/h4-7,10-11,13,22H,3,8-9,12H2,1-2H3,(H,21,23). The van der Waals surface area contributed by atoms with E-state index in [0.717, 1.165) is 34.6 Å². The zero-order chi connectivity index (χ0) is 17.8. The van der Waals surface area contributed by atoms with Gasteiger partial charge in [-0.2, -0.15) is 0 Å². The summed E-state index contributed by atoms with van der Waals surface area (Å²) in [5, 5.41) is 12.2. The van der Waals surface area contributed by atoms with Gasteiger partial charge in [0.15, 0.2) is 0 Å². The van der Waals surface area contributed by atoms with Crippen LogP contribution in [-0.2, 0) is 24.2 Å². The first kappa shape index (κ1) is 17.1. The lowest BCUT2D eigenvalue weighted by Gasteiger charge is -2.13. The summed E-state index contributed by atoms with van der Waals surface area (Å²) in [5.74, 6) is 1.78. The van der Waals surface area contributed by atoms with E-state index in [1.54, 1.807) is 24.3 Å². The Hall–Kier alpha value is -2.69. The average Bonchev–Trinajstić information content (AvgIpc) is 2.94. The molecule has 1 aliphatic rings. The van der Waals surface area contributed by atoms with Gasteiger partial charge in [-0.3, -0.25) is 4.79 Å². The van der Waals surface area contributed by atoms with E-state index in [2.05, 4.69) is 5.32 Å². The number of phenols is 1. The van der Waals surface area contributed by atoms with Crippen LogP contribution in [0.2, 0.25) is 0 Å². The third kappa shape index (κ3) is 4.24. The Morgan fingerprint density at radius 1 is 1.32 bits per heavy atom. The molecular formula is C20H23NO4. The highest BCUT2D eigenvalue weighted by atomic mass is 16.5. The fourth-order valence-electron chi connectivity index (χ4n) is 2.96. The fraction of sp³-hybridized carbons (Fsp3) is 0.350. The van der Waals surface area contributed by atoms with E-state index in [4.69, 9.17) is 9.47 Å². The number of benzene rings is 2. The topological polar surface area (TPSA) is 67.8 Å². The Morgan fingerprint density at radius 2 is 2.08 bits per heavy atom. The number of amides is 1. The summed E-state index contributed by atoms with van der Waals surface area (Å²) in [6, 6.07) is 10.6. The number of aromatic hydroxyl groups is 1. The molecule has 1 amide bonds. The summed E-state index contributed by atoms with van der Waals surface area (Å²) in [6.45, 7) is 4.94. The van der Waals surface area contributed by atoms with Crippen molar-refractivity contribution in [2.24, 2.45) is 0 Å². The lowest BCUT2D eigenvalue weighted by molar-refractivity contribution is -0.120. The first-order valence-corrected chi connectivity index (χ1v) is 8.55. The summed E-state index contributed by atoms with van der Waals surface area (Å²) >= 11 is 0. The predicted octanol–water partition coefficient (Wildman–Crippen LogP) is 2.97. The SMILES string of the molecule is CCOc1cc2c(cc1CNC(=O)Cc1ccc(O)cc1)OC(C)C2.